The predicted octanol–water partition coefficient (Wildman–Crippen LogP) is 2.02. The Hall–Kier alpha value is -1.71. The number of esters is 1. The van der Waals surface area contributed by atoms with Crippen LogP contribution >= 0.6 is 0 Å². The van der Waals surface area contributed by atoms with Gasteiger partial charge in [-0.15, -0.1) is 0 Å². The average Bonchev–Trinajstić information content (AvgIpc) is 2.19. The predicted molar refractivity (Wildman–Crippen MR) is 49.1 cm³/mol. The third kappa shape index (κ3) is 2.16. The van der Waals surface area contributed by atoms with E-state index in [0.29, 0.717) is 12.2 Å². The minimum Gasteiger partial charge on any atom is -0.493 e. The molecule has 0 fully saturated rings. The van der Waals surface area contributed by atoms with Crippen molar-refractivity contribution in [2.24, 2.45) is 0 Å². The molecule has 0 aromatic heterocycles. The minimum absolute atomic E-state index is 0.149. The summed E-state index contributed by atoms with van der Waals surface area (Å²) in [6.07, 6.45) is 0. The second-order valence-electron chi connectivity index (χ2n) is 2.59. The van der Waals surface area contributed by atoms with E-state index in [4.69, 9.17) is 9.47 Å². The maximum absolute atomic E-state index is 11.2. The Morgan fingerprint density at radius 3 is 2.71 bits per heavy atom. The van der Waals surface area contributed by atoms with E-state index < -0.39 is 5.97 Å². The van der Waals surface area contributed by atoms with E-state index in [2.05, 4.69) is 0 Å². The fourth-order valence-electron chi connectivity index (χ4n) is 1.01. The second kappa shape index (κ2) is 4.50. The standard InChI is InChI=1S/C10H11O4/c1-3-14-10(12)7-4-5-8(11)9(6-7)13-2/h4-6H,3H2,1-2H3. The molecule has 0 aliphatic carbocycles. The fourth-order valence-corrected chi connectivity index (χ4v) is 1.01. The van der Waals surface area contributed by atoms with Crippen LogP contribution in [0.2, 0.25) is 0 Å². The van der Waals surface area contributed by atoms with Crippen molar-refractivity contribution in [2.45, 2.75) is 6.92 Å². The van der Waals surface area contributed by atoms with Gasteiger partial charge in [0.1, 0.15) is 0 Å². The number of methoxy groups -OCH3 is 1. The molecule has 0 bridgehead atoms. The number of hydrogen-bond donors (Lipinski definition) is 0. The first-order chi connectivity index (χ1) is 6.69. The van der Waals surface area contributed by atoms with Crippen LogP contribution in [0.1, 0.15) is 17.3 Å². The maximum atomic E-state index is 11.2. The summed E-state index contributed by atoms with van der Waals surface area (Å²) >= 11 is 0. The average molecular weight is 195 g/mol. The van der Waals surface area contributed by atoms with Gasteiger partial charge in [0.2, 0.25) is 5.75 Å². The van der Waals surface area contributed by atoms with E-state index in [9.17, 15) is 9.90 Å². The summed E-state index contributed by atoms with van der Waals surface area (Å²) in [6, 6.07) is 4.08. The van der Waals surface area contributed by atoms with Crippen molar-refractivity contribution in [1.82, 2.24) is 0 Å². The van der Waals surface area contributed by atoms with Crippen LogP contribution in [0, 0.1) is 0 Å². The van der Waals surface area contributed by atoms with Crippen LogP contribution in [-0.2, 0) is 9.84 Å². The molecule has 0 amide bonds. The Bertz CT molecular complexity index is 333. The Balaban J connectivity index is 2.94. The van der Waals surface area contributed by atoms with Gasteiger partial charge >= 0.3 is 5.97 Å². The van der Waals surface area contributed by atoms with Crippen LogP contribution in [-0.4, -0.2) is 19.7 Å². The van der Waals surface area contributed by atoms with E-state index in [1.807, 2.05) is 0 Å². The highest BCUT2D eigenvalue weighted by Gasteiger charge is 2.10. The zero-order valence-corrected chi connectivity index (χ0v) is 8.07. The van der Waals surface area contributed by atoms with Gasteiger partial charge in [-0.05, 0) is 25.1 Å². The Morgan fingerprint density at radius 1 is 1.43 bits per heavy atom. The molecule has 1 rings (SSSR count). The molecule has 0 N–H and O–H groups in total. The minimum atomic E-state index is -0.453. The molecule has 75 valence electrons. The molecule has 0 heterocycles. The summed E-state index contributed by atoms with van der Waals surface area (Å²) in [7, 11) is 1.38. The van der Waals surface area contributed by atoms with Gasteiger partial charge in [0.15, 0.2) is 5.75 Å². The third-order valence-electron chi connectivity index (χ3n) is 1.67. The van der Waals surface area contributed by atoms with Crippen LogP contribution < -0.4 is 4.74 Å². The van der Waals surface area contributed by atoms with Gasteiger partial charge in [-0.25, -0.2) is 4.79 Å². The number of carbonyl (C=O) groups is 1. The summed E-state index contributed by atoms with van der Waals surface area (Å²) in [6.45, 7) is 2.03. The number of benzene rings is 1. The quantitative estimate of drug-likeness (QED) is 0.693. The SMILES string of the molecule is CCOC(=O)c1ccc([O])c(OC)c1. The Kier molecular flexibility index (Phi) is 3.34. The number of ether oxygens (including phenoxy) is 2. The number of hydrogen-bond acceptors (Lipinski definition) is 3. The van der Waals surface area contributed by atoms with Gasteiger partial charge in [-0.2, -0.15) is 0 Å². The van der Waals surface area contributed by atoms with Crippen molar-refractivity contribution < 1.29 is 19.4 Å². The molecule has 0 saturated heterocycles. The Labute approximate surface area is 82.1 Å². The van der Waals surface area contributed by atoms with Crippen LogP contribution in [0.5, 0.6) is 11.5 Å². The lowest BCUT2D eigenvalue weighted by molar-refractivity contribution is 0.0526. The smallest absolute Gasteiger partial charge is 0.338 e. The van der Waals surface area contributed by atoms with Gasteiger partial charge in [-0.3, -0.25) is 5.11 Å². The monoisotopic (exact) mass is 195 g/mol. The lowest BCUT2D eigenvalue weighted by Crippen LogP contribution is -2.04. The maximum Gasteiger partial charge on any atom is 0.338 e. The largest absolute Gasteiger partial charge is 0.493 e. The summed E-state index contributed by atoms with van der Waals surface area (Å²) < 4.78 is 9.56. The molecule has 1 aromatic rings. The molecule has 1 radical (unpaired) electrons. The lowest BCUT2D eigenvalue weighted by Gasteiger charge is -2.04. The van der Waals surface area contributed by atoms with E-state index in [1.54, 1.807) is 6.92 Å². The highest BCUT2D eigenvalue weighted by atomic mass is 16.5. The molecule has 0 aliphatic heterocycles. The molecule has 0 atom stereocenters. The zero-order chi connectivity index (χ0) is 10.6. The van der Waals surface area contributed by atoms with Crippen LogP contribution in [0.25, 0.3) is 0 Å². The number of carbonyl (C=O) groups excluding carboxylic acids is 1. The van der Waals surface area contributed by atoms with Crippen molar-refractivity contribution in [3.63, 3.8) is 0 Å². The van der Waals surface area contributed by atoms with Crippen molar-refractivity contribution in [3.8, 4) is 11.5 Å². The molecule has 14 heavy (non-hydrogen) atoms. The molecular weight excluding hydrogens is 184 g/mol. The van der Waals surface area contributed by atoms with Crippen molar-refractivity contribution in [2.75, 3.05) is 13.7 Å². The molecule has 1 aromatic carbocycles. The van der Waals surface area contributed by atoms with Crippen molar-refractivity contribution in [1.29, 1.82) is 0 Å². The van der Waals surface area contributed by atoms with Crippen LogP contribution in [0.4, 0.5) is 0 Å². The molecule has 4 nitrogen and oxygen atoms in total. The normalized spacial score (nSPS) is 9.57. The lowest BCUT2D eigenvalue weighted by atomic mass is 10.2. The molecule has 0 saturated carbocycles. The molecule has 0 unspecified atom stereocenters. The summed E-state index contributed by atoms with van der Waals surface area (Å²) in [4.78, 5) is 11.2. The summed E-state index contributed by atoms with van der Waals surface area (Å²) in [5.74, 6) is -0.554. The first-order valence-corrected chi connectivity index (χ1v) is 4.21. The fraction of sp³-hybridized carbons (Fsp3) is 0.300. The van der Waals surface area contributed by atoms with Gasteiger partial charge in [0.25, 0.3) is 0 Å². The molecule has 4 heteroatoms. The second-order valence-corrected chi connectivity index (χ2v) is 2.59. The number of rotatable bonds is 3. The van der Waals surface area contributed by atoms with E-state index in [1.165, 1.54) is 25.3 Å². The van der Waals surface area contributed by atoms with Crippen molar-refractivity contribution >= 4 is 5.97 Å². The topological polar surface area (TPSA) is 55.4 Å². The van der Waals surface area contributed by atoms with Gasteiger partial charge < -0.3 is 9.47 Å². The molecule has 0 spiro atoms. The van der Waals surface area contributed by atoms with E-state index in [0.717, 1.165) is 0 Å². The van der Waals surface area contributed by atoms with Crippen LogP contribution in [0.15, 0.2) is 18.2 Å². The first kappa shape index (κ1) is 10.4. The molecular formula is C10H11O4. The summed E-state index contributed by atoms with van der Waals surface area (Å²) in [5.41, 5.74) is 0.323. The van der Waals surface area contributed by atoms with Crippen molar-refractivity contribution in [3.05, 3.63) is 23.8 Å². The highest BCUT2D eigenvalue weighted by molar-refractivity contribution is 5.90. The van der Waals surface area contributed by atoms with E-state index >= 15 is 0 Å². The van der Waals surface area contributed by atoms with Crippen LogP contribution in [0.3, 0.4) is 0 Å². The van der Waals surface area contributed by atoms with Gasteiger partial charge in [0.05, 0.1) is 19.3 Å². The van der Waals surface area contributed by atoms with Gasteiger partial charge in [-0.1, -0.05) is 0 Å². The highest BCUT2D eigenvalue weighted by Crippen LogP contribution is 2.27. The molecule has 0 aliphatic rings. The third-order valence-corrected chi connectivity index (χ3v) is 1.67. The Morgan fingerprint density at radius 2 is 2.14 bits per heavy atom. The first-order valence-electron chi connectivity index (χ1n) is 4.21. The van der Waals surface area contributed by atoms with E-state index in [-0.39, 0.29) is 11.5 Å². The zero-order valence-electron chi connectivity index (χ0n) is 8.07. The van der Waals surface area contributed by atoms with Gasteiger partial charge in [0, 0.05) is 0 Å². The summed E-state index contributed by atoms with van der Waals surface area (Å²) in [5, 5.41) is 11.1.